The van der Waals surface area contributed by atoms with Gasteiger partial charge in [-0.25, -0.2) is 9.59 Å². The van der Waals surface area contributed by atoms with Crippen molar-refractivity contribution in [2.45, 2.75) is 6.92 Å². The average Bonchev–Trinajstić information content (AvgIpc) is 3.13. The Morgan fingerprint density at radius 1 is 0.892 bits per heavy atom. The van der Waals surface area contributed by atoms with Crippen LogP contribution in [-0.2, 0) is 4.79 Å². The molecule has 0 amide bonds. The number of carbonyl (C=O) groups is 3. The van der Waals surface area contributed by atoms with Gasteiger partial charge in [-0.15, -0.1) is 0 Å². The van der Waals surface area contributed by atoms with Gasteiger partial charge in [0, 0.05) is 28.6 Å². The van der Waals surface area contributed by atoms with Crippen molar-refractivity contribution in [1.29, 1.82) is 0 Å². The molecule has 8 nitrogen and oxygen atoms in total. The lowest BCUT2D eigenvalue weighted by Gasteiger charge is -2.11. The Labute approximate surface area is 210 Å². The van der Waals surface area contributed by atoms with Gasteiger partial charge in [0.15, 0.2) is 29.7 Å². The van der Waals surface area contributed by atoms with Crippen LogP contribution in [0.2, 0.25) is 0 Å². The van der Waals surface area contributed by atoms with Crippen molar-refractivity contribution in [1.82, 2.24) is 0 Å². The molecule has 0 N–H and O–H groups in total. The molecule has 1 aliphatic rings. The van der Waals surface area contributed by atoms with Crippen LogP contribution in [0.1, 0.15) is 31.8 Å². The number of ketones is 2. The van der Waals surface area contributed by atoms with Gasteiger partial charge in [-0.05, 0) is 48.4 Å². The molecule has 4 aromatic rings. The Bertz CT molecular complexity index is 1640. The normalized spacial score (nSPS) is 12.4. The molecule has 3 aromatic carbocycles. The molecule has 184 valence electrons. The van der Waals surface area contributed by atoms with Crippen LogP contribution in [0.5, 0.6) is 17.2 Å². The molecule has 0 atom stereocenters. The topological polar surface area (TPSA) is 109 Å². The zero-order chi connectivity index (χ0) is 26.1. The van der Waals surface area contributed by atoms with E-state index < -0.39 is 18.2 Å². The van der Waals surface area contributed by atoms with E-state index in [1.54, 1.807) is 55.5 Å². The summed E-state index contributed by atoms with van der Waals surface area (Å²) in [4.78, 5) is 49.3. The molecule has 0 fully saturated rings. The van der Waals surface area contributed by atoms with E-state index in [4.69, 9.17) is 18.6 Å². The standard InChI is InChI=1S/C29H20O8/c1-16-11-26(30)37-24-14-18(8-9-19(16)24)35-15-27(31)36-23-10-7-17(13-25(23)34-2)12-22-28(32)20-5-3-4-6-21(20)29(22)33/h3-14H,15H2,1-2H3. The number of methoxy groups -OCH3 is 1. The van der Waals surface area contributed by atoms with Crippen LogP contribution in [0.15, 0.2) is 81.5 Å². The maximum Gasteiger partial charge on any atom is 0.349 e. The third-order valence-electron chi connectivity index (χ3n) is 5.91. The zero-order valence-electron chi connectivity index (χ0n) is 19.9. The number of esters is 1. The summed E-state index contributed by atoms with van der Waals surface area (Å²) in [5.74, 6) is -0.650. The molecule has 0 bridgehead atoms. The molecule has 1 heterocycles. The molecule has 37 heavy (non-hydrogen) atoms. The molecule has 0 aliphatic heterocycles. The van der Waals surface area contributed by atoms with Crippen LogP contribution >= 0.6 is 0 Å². The summed E-state index contributed by atoms with van der Waals surface area (Å²) >= 11 is 0. The van der Waals surface area contributed by atoms with Crippen molar-refractivity contribution in [2.75, 3.05) is 13.7 Å². The first-order valence-electron chi connectivity index (χ1n) is 11.3. The third kappa shape index (κ3) is 4.64. The number of carbonyl (C=O) groups excluding carboxylic acids is 3. The summed E-state index contributed by atoms with van der Waals surface area (Å²) in [6.07, 6.45) is 1.49. The number of hydrogen-bond donors (Lipinski definition) is 0. The Morgan fingerprint density at radius 3 is 2.32 bits per heavy atom. The second-order valence-corrected chi connectivity index (χ2v) is 8.34. The summed E-state index contributed by atoms with van der Waals surface area (Å²) in [5.41, 5.74) is 1.99. The van der Waals surface area contributed by atoms with Crippen LogP contribution in [-0.4, -0.2) is 31.3 Å². The highest BCUT2D eigenvalue weighted by molar-refractivity contribution is 6.41. The van der Waals surface area contributed by atoms with E-state index in [1.807, 2.05) is 0 Å². The van der Waals surface area contributed by atoms with E-state index in [-0.39, 0.29) is 28.6 Å². The van der Waals surface area contributed by atoms with Crippen molar-refractivity contribution >= 4 is 34.6 Å². The Morgan fingerprint density at radius 2 is 1.62 bits per heavy atom. The number of fused-ring (bicyclic) bond motifs is 2. The van der Waals surface area contributed by atoms with Crippen LogP contribution in [0, 0.1) is 6.92 Å². The molecular formula is C29H20O8. The largest absolute Gasteiger partial charge is 0.493 e. The van der Waals surface area contributed by atoms with Gasteiger partial charge in [0.25, 0.3) is 0 Å². The van der Waals surface area contributed by atoms with Gasteiger partial charge in [-0.3, -0.25) is 9.59 Å². The first-order chi connectivity index (χ1) is 17.8. The van der Waals surface area contributed by atoms with Gasteiger partial charge < -0.3 is 18.6 Å². The quantitative estimate of drug-likeness (QED) is 0.126. The summed E-state index contributed by atoms with van der Waals surface area (Å²) in [5, 5.41) is 0.763. The lowest BCUT2D eigenvalue weighted by atomic mass is 10.1. The highest BCUT2D eigenvalue weighted by Gasteiger charge is 2.32. The second kappa shape index (κ2) is 9.58. The summed E-state index contributed by atoms with van der Waals surface area (Å²) in [6, 6.07) is 17.7. The van der Waals surface area contributed by atoms with Crippen LogP contribution in [0.4, 0.5) is 0 Å². The van der Waals surface area contributed by atoms with Gasteiger partial charge in [0.2, 0.25) is 0 Å². The van der Waals surface area contributed by atoms with E-state index in [2.05, 4.69) is 0 Å². The number of rotatable bonds is 6. The summed E-state index contributed by atoms with van der Waals surface area (Å²) in [7, 11) is 1.41. The van der Waals surface area contributed by atoms with Gasteiger partial charge in [-0.2, -0.15) is 0 Å². The molecular weight excluding hydrogens is 476 g/mol. The number of hydrogen-bond acceptors (Lipinski definition) is 8. The highest BCUT2D eigenvalue weighted by Crippen LogP contribution is 2.32. The van der Waals surface area contributed by atoms with Crippen molar-refractivity contribution in [3.8, 4) is 17.2 Å². The lowest BCUT2D eigenvalue weighted by molar-refractivity contribution is -0.136. The minimum absolute atomic E-state index is 0.0582. The first-order valence-corrected chi connectivity index (χ1v) is 11.3. The molecule has 5 rings (SSSR count). The molecule has 0 radical (unpaired) electrons. The molecule has 1 aromatic heterocycles. The number of ether oxygens (including phenoxy) is 3. The maximum atomic E-state index is 12.6. The highest BCUT2D eigenvalue weighted by atomic mass is 16.6. The van der Waals surface area contributed by atoms with E-state index in [9.17, 15) is 19.2 Å². The smallest absolute Gasteiger partial charge is 0.349 e. The summed E-state index contributed by atoms with van der Waals surface area (Å²) in [6.45, 7) is 1.40. The minimum Gasteiger partial charge on any atom is -0.493 e. The van der Waals surface area contributed by atoms with Gasteiger partial charge >= 0.3 is 11.6 Å². The summed E-state index contributed by atoms with van der Waals surface area (Å²) < 4.78 is 21.4. The van der Waals surface area contributed by atoms with Gasteiger partial charge in [0.1, 0.15) is 11.3 Å². The molecule has 0 saturated carbocycles. The maximum absolute atomic E-state index is 12.6. The van der Waals surface area contributed by atoms with E-state index in [1.165, 1.54) is 31.4 Å². The number of benzene rings is 3. The van der Waals surface area contributed by atoms with Crippen molar-refractivity contribution in [3.05, 3.63) is 105 Å². The van der Waals surface area contributed by atoms with Crippen molar-refractivity contribution < 1.29 is 33.0 Å². The van der Waals surface area contributed by atoms with Crippen molar-refractivity contribution in [3.63, 3.8) is 0 Å². The fourth-order valence-electron chi connectivity index (χ4n) is 4.12. The van der Waals surface area contributed by atoms with Crippen molar-refractivity contribution in [2.24, 2.45) is 0 Å². The molecule has 1 aliphatic carbocycles. The molecule has 0 unspecified atom stereocenters. The van der Waals surface area contributed by atoms with Gasteiger partial charge in [-0.1, -0.05) is 30.3 Å². The zero-order valence-corrected chi connectivity index (χ0v) is 19.9. The number of allylic oxidation sites excluding steroid dienone is 1. The first kappa shape index (κ1) is 23.7. The lowest BCUT2D eigenvalue weighted by Crippen LogP contribution is -2.18. The number of aryl methyl sites for hydroxylation is 1. The van der Waals surface area contributed by atoms with E-state index in [0.29, 0.717) is 28.0 Å². The monoisotopic (exact) mass is 496 g/mol. The predicted molar refractivity (Wildman–Crippen MR) is 134 cm³/mol. The van der Waals surface area contributed by atoms with Crippen LogP contribution in [0.25, 0.3) is 17.0 Å². The predicted octanol–water partition coefficient (Wildman–Crippen LogP) is 4.56. The number of Topliss-reactive ketones (excluding diaryl/α,β-unsaturated/α-hetero) is 2. The van der Waals surface area contributed by atoms with Gasteiger partial charge in [0.05, 0.1) is 12.7 Å². The Kier molecular flexibility index (Phi) is 6.15. The third-order valence-corrected chi connectivity index (χ3v) is 5.91. The van der Waals surface area contributed by atoms with E-state index in [0.717, 1.165) is 10.9 Å². The molecule has 0 spiro atoms. The minimum atomic E-state index is -0.688. The molecule has 0 saturated heterocycles. The van der Waals surface area contributed by atoms with Crippen LogP contribution < -0.4 is 19.8 Å². The van der Waals surface area contributed by atoms with E-state index >= 15 is 0 Å². The Balaban J connectivity index is 1.29. The fourth-order valence-corrected chi connectivity index (χ4v) is 4.12. The second-order valence-electron chi connectivity index (χ2n) is 8.34. The van der Waals surface area contributed by atoms with Crippen LogP contribution in [0.3, 0.4) is 0 Å². The molecule has 8 heteroatoms. The Hall–Kier alpha value is -4.98. The SMILES string of the molecule is COc1cc(C=C2C(=O)c3ccccc3C2=O)ccc1OC(=O)COc1ccc2c(C)cc(=O)oc2c1. The fraction of sp³-hybridized carbons (Fsp3) is 0.103. The average molecular weight is 496 g/mol.